The molecule has 0 aliphatic heterocycles. The van der Waals surface area contributed by atoms with E-state index >= 15 is 0 Å². The smallest absolute Gasteiger partial charge is 0.307 e. The van der Waals surface area contributed by atoms with Crippen LogP contribution in [0.5, 0.6) is 0 Å². The molecule has 162 valence electrons. The predicted octanol–water partition coefficient (Wildman–Crippen LogP) is 5.92. The second kappa shape index (κ2) is 9.10. The van der Waals surface area contributed by atoms with Crippen molar-refractivity contribution in [2.45, 2.75) is 64.3 Å². The Kier molecular flexibility index (Phi) is 6.48. The van der Waals surface area contributed by atoms with Crippen molar-refractivity contribution in [2.24, 2.45) is 11.8 Å². The minimum Gasteiger partial charge on any atom is -0.481 e. The number of carboxylic acid groups (broad SMARTS) is 1. The van der Waals surface area contributed by atoms with Gasteiger partial charge in [-0.3, -0.25) is 4.79 Å². The molecular formula is C22H29ClN4O2S. The maximum Gasteiger partial charge on any atom is 0.307 e. The summed E-state index contributed by atoms with van der Waals surface area (Å²) in [6, 6.07) is 6.90. The van der Waals surface area contributed by atoms with Crippen LogP contribution in [0.2, 0.25) is 5.28 Å². The number of rotatable bonds is 8. The number of hydrogen-bond donors (Lipinski definition) is 2. The number of aromatic nitrogens is 2. The Morgan fingerprint density at radius 3 is 2.70 bits per heavy atom. The fourth-order valence-corrected chi connectivity index (χ4v) is 5.30. The van der Waals surface area contributed by atoms with Crippen LogP contribution < -0.4 is 10.2 Å². The molecule has 1 heterocycles. The summed E-state index contributed by atoms with van der Waals surface area (Å²) in [5, 5.41) is 13.7. The second-order valence-corrected chi connectivity index (χ2v) is 9.99. The van der Waals surface area contributed by atoms with E-state index in [2.05, 4.69) is 51.6 Å². The molecule has 2 aliphatic carbocycles. The van der Waals surface area contributed by atoms with Crippen molar-refractivity contribution in [3.05, 3.63) is 29.0 Å². The lowest BCUT2D eigenvalue weighted by molar-refractivity contribution is -0.138. The Hall–Kier alpha value is -1.86. The van der Waals surface area contributed by atoms with Crippen molar-refractivity contribution >= 4 is 45.6 Å². The maximum atomic E-state index is 11.4. The van der Waals surface area contributed by atoms with Gasteiger partial charge in [0.2, 0.25) is 10.4 Å². The Balaban J connectivity index is 1.69. The molecule has 0 bridgehead atoms. The van der Waals surface area contributed by atoms with E-state index in [1.165, 1.54) is 43.6 Å². The first-order chi connectivity index (χ1) is 14.4. The summed E-state index contributed by atoms with van der Waals surface area (Å²) in [4.78, 5) is 18.2. The first-order valence-electron chi connectivity index (χ1n) is 10.8. The lowest BCUT2D eigenvalue weighted by Gasteiger charge is -2.38. The van der Waals surface area contributed by atoms with Crippen LogP contribution in [0.15, 0.2) is 18.2 Å². The zero-order valence-electron chi connectivity index (χ0n) is 17.5. The number of hydrogen-bond acceptors (Lipinski definition) is 6. The highest BCUT2D eigenvalue weighted by atomic mass is 35.5. The molecule has 2 atom stereocenters. The molecule has 30 heavy (non-hydrogen) atoms. The Morgan fingerprint density at radius 2 is 2.10 bits per heavy atom. The summed E-state index contributed by atoms with van der Waals surface area (Å²) in [7, 11) is 0. The number of aliphatic carboxylic acids is 1. The van der Waals surface area contributed by atoms with Crippen LogP contribution in [0, 0.1) is 11.8 Å². The van der Waals surface area contributed by atoms with Gasteiger partial charge in [-0.1, -0.05) is 39.2 Å². The zero-order chi connectivity index (χ0) is 21.3. The van der Waals surface area contributed by atoms with E-state index in [4.69, 9.17) is 11.6 Å². The summed E-state index contributed by atoms with van der Waals surface area (Å²) in [6.45, 7) is 5.49. The molecule has 2 N–H and O–H groups in total. The quantitative estimate of drug-likeness (QED) is 0.522. The van der Waals surface area contributed by atoms with Gasteiger partial charge in [-0.25, -0.2) is 0 Å². The van der Waals surface area contributed by atoms with Gasteiger partial charge in [0.25, 0.3) is 0 Å². The molecule has 2 saturated carbocycles. The van der Waals surface area contributed by atoms with Crippen LogP contribution in [0.1, 0.15) is 63.9 Å². The Labute approximate surface area is 186 Å². The number of carbonyl (C=O) groups is 1. The maximum absolute atomic E-state index is 11.4. The van der Waals surface area contributed by atoms with Crippen LogP contribution in [-0.2, 0) is 4.79 Å². The van der Waals surface area contributed by atoms with Crippen LogP contribution in [0.25, 0.3) is 0 Å². The molecule has 1 aromatic carbocycles. The van der Waals surface area contributed by atoms with Gasteiger partial charge in [-0.2, -0.15) is 9.36 Å². The number of halogens is 1. The van der Waals surface area contributed by atoms with E-state index in [0.29, 0.717) is 23.5 Å². The predicted molar refractivity (Wildman–Crippen MR) is 122 cm³/mol. The van der Waals surface area contributed by atoms with Crippen LogP contribution >= 0.6 is 23.1 Å². The van der Waals surface area contributed by atoms with E-state index in [1.54, 1.807) is 0 Å². The standard InChI is InChI=1S/C22H29ClN4O2S/c1-13(2)12-27(15-6-4-3-5-7-15)19-9-8-14(16-11-17(16)20(28)29)10-18(19)24-22-25-21(23)26-30-22/h8-10,13,15-17H,3-7,11-12H2,1-2H3,(H,28,29)(H,24,25,26)/t16-,17-/m1/s1. The van der Waals surface area contributed by atoms with E-state index < -0.39 is 5.97 Å². The number of anilines is 3. The number of nitrogens with zero attached hydrogens (tertiary/aromatic N) is 3. The van der Waals surface area contributed by atoms with Gasteiger partial charge < -0.3 is 15.3 Å². The number of carboxylic acids is 1. The largest absolute Gasteiger partial charge is 0.481 e. The fraction of sp³-hybridized carbons (Fsp3) is 0.591. The summed E-state index contributed by atoms with van der Waals surface area (Å²) in [5.41, 5.74) is 3.18. The van der Waals surface area contributed by atoms with Crippen molar-refractivity contribution < 1.29 is 9.90 Å². The molecule has 1 aromatic heterocycles. The topological polar surface area (TPSA) is 78.4 Å². The van der Waals surface area contributed by atoms with Crippen molar-refractivity contribution in [1.82, 2.24) is 9.36 Å². The van der Waals surface area contributed by atoms with Crippen molar-refractivity contribution in [3.8, 4) is 0 Å². The second-order valence-electron chi connectivity index (χ2n) is 8.90. The van der Waals surface area contributed by atoms with Gasteiger partial charge >= 0.3 is 5.97 Å². The van der Waals surface area contributed by atoms with E-state index in [1.807, 2.05) is 0 Å². The van der Waals surface area contributed by atoms with Gasteiger partial charge in [0.15, 0.2) is 0 Å². The molecular weight excluding hydrogens is 420 g/mol. The van der Waals surface area contributed by atoms with Crippen LogP contribution in [0.3, 0.4) is 0 Å². The molecule has 0 radical (unpaired) electrons. The number of benzene rings is 1. The van der Waals surface area contributed by atoms with E-state index in [-0.39, 0.29) is 17.1 Å². The highest BCUT2D eigenvalue weighted by Crippen LogP contribution is 2.49. The average Bonchev–Trinajstić information content (AvgIpc) is 3.43. The van der Waals surface area contributed by atoms with Gasteiger partial charge in [0.05, 0.1) is 17.3 Å². The highest BCUT2D eigenvalue weighted by Gasteiger charge is 2.44. The first kappa shape index (κ1) is 21.4. The first-order valence-corrected chi connectivity index (χ1v) is 12.0. The van der Waals surface area contributed by atoms with Gasteiger partial charge in [0, 0.05) is 24.1 Å². The molecule has 2 fully saturated rings. The minimum absolute atomic E-state index is 0.0864. The lowest BCUT2D eigenvalue weighted by atomic mass is 9.92. The summed E-state index contributed by atoms with van der Waals surface area (Å²) in [5.74, 6) is -0.360. The summed E-state index contributed by atoms with van der Waals surface area (Å²) < 4.78 is 4.07. The molecule has 2 aliphatic rings. The fourth-order valence-electron chi connectivity index (χ4n) is 4.57. The normalized spacial score (nSPS) is 21.6. The molecule has 0 unspecified atom stereocenters. The molecule has 0 amide bonds. The van der Waals surface area contributed by atoms with Crippen LogP contribution in [-0.4, -0.2) is 33.0 Å². The molecule has 2 aromatic rings. The van der Waals surface area contributed by atoms with Crippen molar-refractivity contribution in [3.63, 3.8) is 0 Å². The van der Waals surface area contributed by atoms with Gasteiger partial charge in [-0.05, 0) is 60.4 Å². The van der Waals surface area contributed by atoms with Gasteiger partial charge in [0.1, 0.15) is 0 Å². The van der Waals surface area contributed by atoms with Crippen LogP contribution in [0.4, 0.5) is 16.5 Å². The SMILES string of the molecule is CC(C)CN(c1ccc([C@H]2C[C@H]2C(=O)O)cc1Nc1nc(Cl)ns1)C1CCCCC1. The lowest BCUT2D eigenvalue weighted by Crippen LogP contribution is -2.39. The average molecular weight is 449 g/mol. The molecule has 6 nitrogen and oxygen atoms in total. The Bertz CT molecular complexity index is 897. The third-order valence-corrected chi connectivity index (χ3v) is 6.99. The van der Waals surface area contributed by atoms with Crippen molar-refractivity contribution in [2.75, 3.05) is 16.8 Å². The molecule has 4 rings (SSSR count). The Morgan fingerprint density at radius 1 is 1.33 bits per heavy atom. The third kappa shape index (κ3) is 4.89. The van der Waals surface area contributed by atoms with Crippen molar-refractivity contribution in [1.29, 1.82) is 0 Å². The molecule has 8 heteroatoms. The monoisotopic (exact) mass is 448 g/mol. The summed E-state index contributed by atoms with van der Waals surface area (Å²) in [6.07, 6.45) is 6.99. The molecule has 0 spiro atoms. The molecule has 0 saturated heterocycles. The zero-order valence-corrected chi connectivity index (χ0v) is 19.0. The highest BCUT2D eigenvalue weighted by molar-refractivity contribution is 7.10. The minimum atomic E-state index is -0.710. The van der Waals surface area contributed by atoms with E-state index in [0.717, 1.165) is 23.5 Å². The third-order valence-electron chi connectivity index (χ3n) is 6.09. The summed E-state index contributed by atoms with van der Waals surface area (Å²) >= 11 is 7.17. The van der Waals surface area contributed by atoms with Gasteiger partial charge in [-0.15, -0.1) is 0 Å². The van der Waals surface area contributed by atoms with E-state index in [9.17, 15) is 9.90 Å². The number of nitrogens with one attached hydrogen (secondary N) is 1.